The van der Waals surface area contributed by atoms with E-state index >= 15 is 0 Å². The highest BCUT2D eigenvalue weighted by atomic mass is 127. The summed E-state index contributed by atoms with van der Waals surface area (Å²) < 4.78 is 24.8. The summed E-state index contributed by atoms with van der Waals surface area (Å²) in [5, 5.41) is 20.7. The molecule has 0 aliphatic heterocycles. The van der Waals surface area contributed by atoms with E-state index in [2.05, 4.69) is 15.6 Å². The minimum absolute atomic E-state index is 0. The van der Waals surface area contributed by atoms with Gasteiger partial charge in [0.05, 0.1) is 12.3 Å². The smallest absolute Gasteiger partial charge is 0.213 e. The molecule has 0 saturated heterocycles. The van der Waals surface area contributed by atoms with Crippen LogP contribution in [0.4, 0.5) is 0 Å². The van der Waals surface area contributed by atoms with Crippen LogP contribution in [-0.4, -0.2) is 62.8 Å². The Bertz CT molecular complexity index is 634. The highest BCUT2D eigenvalue weighted by Gasteiger charge is 2.23. The molecule has 0 fully saturated rings. The van der Waals surface area contributed by atoms with E-state index in [0.717, 1.165) is 5.56 Å². The summed E-state index contributed by atoms with van der Waals surface area (Å²) in [6.45, 7) is 7.34. The first-order valence-electron chi connectivity index (χ1n) is 8.44. The fourth-order valence-corrected chi connectivity index (χ4v) is 3.74. The third-order valence-electron chi connectivity index (χ3n) is 3.81. The molecule has 1 aromatic rings. The van der Waals surface area contributed by atoms with E-state index in [0.29, 0.717) is 32.0 Å². The average molecular weight is 518 g/mol. The summed E-state index contributed by atoms with van der Waals surface area (Å²) in [5.74, 6) is 0.720. The third kappa shape index (κ3) is 8.51. The van der Waals surface area contributed by atoms with Crippen LogP contribution in [0.1, 0.15) is 32.8 Å². The van der Waals surface area contributed by atoms with Gasteiger partial charge in [-0.2, -0.15) is 11.3 Å². The van der Waals surface area contributed by atoms with Crippen LogP contribution in [-0.2, 0) is 15.6 Å². The molecule has 10 heteroatoms. The van der Waals surface area contributed by atoms with Gasteiger partial charge in [0.1, 0.15) is 5.60 Å². The van der Waals surface area contributed by atoms with Crippen LogP contribution in [0.2, 0.25) is 0 Å². The molecule has 0 aliphatic rings. The molecule has 152 valence electrons. The second-order valence-electron chi connectivity index (χ2n) is 5.98. The molecule has 0 amide bonds. The van der Waals surface area contributed by atoms with Crippen molar-refractivity contribution in [3.8, 4) is 0 Å². The Morgan fingerprint density at radius 1 is 1.38 bits per heavy atom. The fourth-order valence-electron chi connectivity index (χ4n) is 2.10. The predicted molar refractivity (Wildman–Crippen MR) is 120 cm³/mol. The van der Waals surface area contributed by atoms with Crippen molar-refractivity contribution in [1.29, 1.82) is 0 Å². The second kappa shape index (κ2) is 12.1. The second-order valence-corrected chi connectivity index (χ2v) is 9.13. The number of hydrogen-bond donors (Lipinski definition) is 3. The van der Waals surface area contributed by atoms with Gasteiger partial charge in [-0.05, 0) is 49.6 Å². The number of guanidine groups is 1. The molecule has 3 N–H and O–H groups in total. The van der Waals surface area contributed by atoms with E-state index in [4.69, 9.17) is 0 Å². The first kappa shape index (κ1) is 25.6. The van der Waals surface area contributed by atoms with Crippen molar-refractivity contribution in [1.82, 2.24) is 14.9 Å². The molecule has 1 heterocycles. The van der Waals surface area contributed by atoms with Crippen molar-refractivity contribution in [2.45, 2.75) is 32.8 Å². The molecule has 0 spiro atoms. The van der Waals surface area contributed by atoms with Crippen molar-refractivity contribution in [2.75, 3.05) is 39.0 Å². The molecule has 1 rings (SSSR count). The van der Waals surface area contributed by atoms with Gasteiger partial charge in [0.2, 0.25) is 10.0 Å². The minimum atomic E-state index is -3.14. The Hall–Kier alpha value is -0.430. The van der Waals surface area contributed by atoms with Gasteiger partial charge in [0, 0.05) is 26.7 Å². The Morgan fingerprint density at radius 3 is 2.62 bits per heavy atom. The van der Waals surface area contributed by atoms with Gasteiger partial charge in [-0.3, -0.25) is 0 Å². The summed E-state index contributed by atoms with van der Waals surface area (Å²) in [6, 6.07) is 1.89. The maximum Gasteiger partial charge on any atom is 0.213 e. The molecule has 0 saturated carbocycles. The van der Waals surface area contributed by atoms with E-state index in [1.165, 1.54) is 4.31 Å². The molecular formula is C16H31IN4O3S2. The third-order valence-corrected chi connectivity index (χ3v) is 6.36. The summed E-state index contributed by atoms with van der Waals surface area (Å²) in [5.41, 5.74) is -0.166. The molecule has 7 nitrogen and oxygen atoms in total. The number of aliphatic hydroxyl groups is 1. The summed E-state index contributed by atoms with van der Waals surface area (Å²) in [6.07, 6.45) is 0.668. The van der Waals surface area contributed by atoms with Crippen LogP contribution >= 0.6 is 35.3 Å². The number of rotatable bonds is 10. The van der Waals surface area contributed by atoms with Crippen molar-refractivity contribution in [2.24, 2.45) is 4.99 Å². The van der Waals surface area contributed by atoms with E-state index in [-0.39, 0.29) is 36.3 Å². The van der Waals surface area contributed by atoms with E-state index in [1.807, 2.05) is 23.8 Å². The van der Waals surface area contributed by atoms with Gasteiger partial charge in [0.25, 0.3) is 0 Å². The van der Waals surface area contributed by atoms with Crippen LogP contribution in [0.5, 0.6) is 0 Å². The molecule has 1 aromatic heterocycles. The van der Waals surface area contributed by atoms with Crippen LogP contribution in [0, 0.1) is 0 Å². The fraction of sp³-hybridized carbons (Fsp3) is 0.688. The first-order valence-corrected chi connectivity index (χ1v) is 11.0. The molecule has 26 heavy (non-hydrogen) atoms. The summed E-state index contributed by atoms with van der Waals surface area (Å²) in [7, 11) is -1.54. The molecule has 0 radical (unpaired) electrons. The maximum absolute atomic E-state index is 11.7. The molecule has 1 atom stereocenters. The quantitative estimate of drug-likeness (QED) is 0.190. The summed E-state index contributed by atoms with van der Waals surface area (Å²) in [4.78, 5) is 4.44. The SMILES string of the molecule is CCNC(=NCC(C)(O)c1ccsc1)NCCCN(C)S(=O)(=O)CC.I. The zero-order valence-corrected chi connectivity index (χ0v) is 19.8. The Labute approximate surface area is 178 Å². The summed E-state index contributed by atoms with van der Waals surface area (Å²) >= 11 is 1.54. The normalized spacial score (nSPS) is 14.6. The number of thiophene rings is 1. The van der Waals surface area contributed by atoms with Crippen molar-refractivity contribution >= 4 is 51.3 Å². The zero-order valence-electron chi connectivity index (χ0n) is 15.9. The number of sulfonamides is 1. The molecule has 0 aliphatic carbocycles. The number of halogens is 1. The highest BCUT2D eigenvalue weighted by molar-refractivity contribution is 14.0. The lowest BCUT2D eigenvalue weighted by Crippen LogP contribution is -2.40. The lowest BCUT2D eigenvalue weighted by atomic mass is 10.00. The standard InChI is InChI=1S/C16H30N4O3S2.HI/c1-5-17-15(18-9-7-10-20(4)25(22,23)6-2)19-13-16(3,21)14-8-11-24-12-14;/h8,11-12,21H,5-7,9-10,13H2,1-4H3,(H2,17,18,19);1H. The Kier molecular flexibility index (Phi) is 11.9. The van der Waals surface area contributed by atoms with Gasteiger partial charge >= 0.3 is 0 Å². The predicted octanol–water partition coefficient (Wildman–Crippen LogP) is 1.80. The lowest BCUT2D eigenvalue weighted by molar-refractivity contribution is 0.0677. The average Bonchev–Trinajstić information content (AvgIpc) is 3.11. The van der Waals surface area contributed by atoms with Gasteiger partial charge in [-0.1, -0.05) is 0 Å². The minimum Gasteiger partial charge on any atom is -0.383 e. The topological polar surface area (TPSA) is 94.0 Å². The van der Waals surface area contributed by atoms with Gasteiger partial charge < -0.3 is 15.7 Å². The molecular weight excluding hydrogens is 487 g/mol. The largest absolute Gasteiger partial charge is 0.383 e. The molecule has 0 aromatic carbocycles. The van der Waals surface area contributed by atoms with Crippen molar-refractivity contribution in [3.05, 3.63) is 22.4 Å². The van der Waals surface area contributed by atoms with E-state index in [9.17, 15) is 13.5 Å². The van der Waals surface area contributed by atoms with E-state index in [1.54, 1.807) is 32.2 Å². The van der Waals surface area contributed by atoms with Crippen LogP contribution in [0.25, 0.3) is 0 Å². The first-order chi connectivity index (χ1) is 11.7. The zero-order chi connectivity index (χ0) is 18.9. The lowest BCUT2D eigenvalue weighted by Gasteiger charge is -2.21. The monoisotopic (exact) mass is 518 g/mol. The Morgan fingerprint density at radius 2 is 2.08 bits per heavy atom. The van der Waals surface area contributed by atoms with E-state index < -0.39 is 15.6 Å². The molecule has 0 bridgehead atoms. The van der Waals surface area contributed by atoms with Crippen LogP contribution in [0.3, 0.4) is 0 Å². The highest BCUT2D eigenvalue weighted by Crippen LogP contribution is 2.23. The number of nitrogens with zero attached hydrogens (tertiary/aromatic N) is 2. The molecule has 1 unspecified atom stereocenters. The number of aliphatic imine (C=N–C) groups is 1. The van der Waals surface area contributed by atoms with Gasteiger partial charge in [0.15, 0.2) is 5.96 Å². The number of hydrogen-bond acceptors (Lipinski definition) is 5. The van der Waals surface area contributed by atoms with Gasteiger partial charge in [-0.15, -0.1) is 24.0 Å². The van der Waals surface area contributed by atoms with Crippen molar-refractivity contribution < 1.29 is 13.5 Å². The maximum atomic E-state index is 11.7. The van der Waals surface area contributed by atoms with Crippen LogP contribution in [0.15, 0.2) is 21.8 Å². The number of nitrogens with one attached hydrogen (secondary N) is 2. The van der Waals surface area contributed by atoms with Gasteiger partial charge in [-0.25, -0.2) is 17.7 Å². The van der Waals surface area contributed by atoms with Crippen LogP contribution < -0.4 is 10.6 Å². The Balaban J connectivity index is 0.00000625. The van der Waals surface area contributed by atoms with Crippen molar-refractivity contribution in [3.63, 3.8) is 0 Å².